The molecular weight excluding hydrogens is 424 g/mol. The van der Waals surface area contributed by atoms with E-state index in [1.165, 1.54) is 11.3 Å². The summed E-state index contributed by atoms with van der Waals surface area (Å²) in [6.07, 6.45) is 0. The minimum absolute atomic E-state index is 0.102. The highest BCUT2D eigenvalue weighted by atomic mass is 35.5. The van der Waals surface area contributed by atoms with E-state index in [0.29, 0.717) is 37.8 Å². The Labute approximate surface area is 181 Å². The van der Waals surface area contributed by atoms with Crippen molar-refractivity contribution in [1.29, 1.82) is 5.26 Å². The predicted octanol–water partition coefficient (Wildman–Crippen LogP) is 3.98. The average Bonchev–Trinajstić information content (AvgIpc) is 3.06. The van der Waals surface area contributed by atoms with Gasteiger partial charge < -0.3 is 15.8 Å². The molecule has 0 saturated carbocycles. The molecule has 9 heteroatoms. The summed E-state index contributed by atoms with van der Waals surface area (Å²) in [5, 5.41) is 13.2. The number of thiophene rings is 1. The van der Waals surface area contributed by atoms with Crippen LogP contribution >= 0.6 is 22.9 Å². The number of fused-ring (bicyclic) bond motifs is 3. The second-order valence-electron chi connectivity index (χ2n) is 6.85. The second kappa shape index (κ2) is 7.59. The van der Waals surface area contributed by atoms with Crippen molar-refractivity contribution in [3.8, 4) is 6.07 Å². The van der Waals surface area contributed by atoms with Crippen molar-refractivity contribution in [2.45, 2.75) is 19.8 Å². The number of nitrogens with one attached hydrogen (secondary N) is 1. The van der Waals surface area contributed by atoms with Crippen molar-refractivity contribution in [3.63, 3.8) is 0 Å². The summed E-state index contributed by atoms with van der Waals surface area (Å²) in [6.45, 7) is 3.62. The number of amides is 1. The van der Waals surface area contributed by atoms with Crippen molar-refractivity contribution in [2.24, 2.45) is 5.92 Å². The number of nitrogens with two attached hydrogens (primary N) is 1. The molecule has 7 nitrogen and oxygen atoms in total. The summed E-state index contributed by atoms with van der Waals surface area (Å²) >= 11 is 7.78. The number of esters is 1. The Morgan fingerprint density at radius 2 is 2.17 bits per heavy atom. The van der Waals surface area contributed by atoms with E-state index in [4.69, 9.17) is 22.1 Å². The average molecular weight is 441 g/mol. The van der Waals surface area contributed by atoms with Gasteiger partial charge in [0.25, 0.3) is 0 Å². The molecule has 0 aliphatic carbocycles. The number of rotatable bonds is 3. The molecule has 1 amide bonds. The van der Waals surface area contributed by atoms with E-state index in [1.807, 2.05) is 0 Å². The van der Waals surface area contributed by atoms with E-state index < -0.39 is 23.7 Å². The zero-order chi connectivity index (χ0) is 21.6. The molecule has 3 N–H and O–H groups in total. The summed E-state index contributed by atoms with van der Waals surface area (Å²) in [5.41, 5.74) is 8.83. The van der Waals surface area contributed by atoms with Crippen molar-refractivity contribution in [3.05, 3.63) is 51.5 Å². The molecule has 0 spiro atoms. The molecule has 3 heterocycles. The fraction of sp³-hybridized carbons (Fsp3) is 0.238. The first-order chi connectivity index (χ1) is 14.4. The lowest BCUT2D eigenvalue weighted by atomic mass is 9.78. The summed E-state index contributed by atoms with van der Waals surface area (Å²) in [6, 6.07) is 9.14. The van der Waals surface area contributed by atoms with E-state index in [0.717, 1.165) is 4.70 Å². The number of hydrogen-bond donors (Lipinski definition) is 2. The lowest BCUT2D eigenvalue weighted by Crippen LogP contribution is -2.39. The largest absolute Gasteiger partial charge is 0.465 e. The molecule has 0 fully saturated rings. The molecule has 3 aromatic rings. The van der Waals surface area contributed by atoms with Gasteiger partial charge in [-0.3, -0.25) is 9.59 Å². The quantitative estimate of drug-likeness (QED) is 0.469. The fourth-order valence-electron chi connectivity index (χ4n) is 3.85. The van der Waals surface area contributed by atoms with Crippen molar-refractivity contribution >= 4 is 55.8 Å². The highest BCUT2D eigenvalue weighted by Crippen LogP contribution is 2.51. The summed E-state index contributed by atoms with van der Waals surface area (Å²) in [7, 11) is 0. The van der Waals surface area contributed by atoms with Crippen molar-refractivity contribution in [1.82, 2.24) is 4.98 Å². The van der Waals surface area contributed by atoms with Gasteiger partial charge in [-0.05, 0) is 31.0 Å². The molecule has 2 aromatic heterocycles. The van der Waals surface area contributed by atoms with Gasteiger partial charge in [0, 0.05) is 16.5 Å². The number of nitrogen functional groups attached to an aromatic ring is 1. The maximum atomic E-state index is 13.0. The Morgan fingerprint density at radius 1 is 1.43 bits per heavy atom. The van der Waals surface area contributed by atoms with E-state index >= 15 is 0 Å². The smallest absolute Gasteiger partial charge is 0.319 e. The van der Waals surface area contributed by atoms with Gasteiger partial charge >= 0.3 is 5.97 Å². The van der Waals surface area contributed by atoms with Crippen LogP contribution in [0.5, 0.6) is 0 Å². The highest BCUT2D eigenvalue weighted by molar-refractivity contribution is 7.23. The van der Waals surface area contributed by atoms with Crippen LogP contribution in [0.25, 0.3) is 10.2 Å². The number of halogens is 1. The number of pyridine rings is 1. The number of carbonyl (C=O) groups is 2. The van der Waals surface area contributed by atoms with E-state index in [1.54, 1.807) is 38.1 Å². The van der Waals surface area contributed by atoms with Crippen LogP contribution in [-0.2, 0) is 14.3 Å². The number of benzene rings is 1. The molecule has 1 aliphatic rings. The summed E-state index contributed by atoms with van der Waals surface area (Å²) in [4.78, 5) is 30.2. The Hall–Kier alpha value is -3.15. The predicted molar refractivity (Wildman–Crippen MR) is 116 cm³/mol. The molecule has 0 radical (unpaired) electrons. The minimum atomic E-state index is -1.13. The number of aryl methyl sites for hydroxylation is 1. The van der Waals surface area contributed by atoms with Gasteiger partial charge in [0.2, 0.25) is 5.91 Å². The van der Waals surface area contributed by atoms with E-state index in [9.17, 15) is 14.9 Å². The molecule has 2 atom stereocenters. The minimum Gasteiger partial charge on any atom is -0.465 e. The van der Waals surface area contributed by atoms with Crippen molar-refractivity contribution in [2.75, 3.05) is 17.7 Å². The van der Waals surface area contributed by atoms with Gasteiger partial charge in [0.1, 0.15) is 22.8 Å². The molecule has 0 bridgehead atoms. The van der Waals surface area contributed by atoms with Crippen molar-refractivity contribution < 1.29 is 14.3 Å². The zero-order valence-corrected chi connectivity index (χ0v) is 17.7. The zero-order valence-electron chi connectivity index (χ0n) is 16.2. The SMILES string of the molecule is CCOC(=O)[C@@H]1C(=O)Nc2sc3c(C)c(C#N)c(N)nc3c2[C@H]1c1ccccc1Cl. The first-order valence-corrected chi connectivity index (χ1v) is 10.4. The van der Waals surface area contributed by atoms with E-state index in [-0.39, 0.29) is 12.4 Å². The molecule has 4 rings (SSSR count). The normalized spacial score (nSPS) is 17.9. The van der Waals surface area contributed by atoms with Gasteiger partial charge in [-0.15, -0.1) is 11.3 Å². The van der Waals surface area contributed by atoms with Gasteiger partial charge in [-0.25, -0.2) is 4.98 Å². The Bertz CT molecular complexity index is 1250. The Kier molecular flexibility index (Phi) is 5.10. The molecule has 30 heavy (non-hydrogen) atoms. The number of aromatic nitrogens is 1. The standard InChI is InChI=1S/C21H17ClN4O3S/c1-3-29-21(28)15-13(10-6-4-5-7-12(10)22)14-16-17(30-20(14)26-19(15)27)9(2)11(8-23)18(24)25-16/h4-7,13,15H,3H2,1-2H3,(H2,24,25)(H,26,27)/t13-,15+/m1/s1. The van der Waals surface area contributed by atoms with E-state index in [2.05, 4.69) is 16.4 Å². The number of nitriles is 1. The first-order valence-electron chi connectivity index (χ1n) is 9.23. The topological polar surface area (TPSA) is 118 Å². The number of carbonyl (C=O) groups excluding carboxylic acids is 2. The van der Waals surface area contributed by atoms with Crippen LogP contribution in [0, 0.1) is 24.2 Å². The Morgan fingerprint density at radius 3 is 2.83 bits per heavy atom. The summed E-state index contributed by atoms with van der Waals surface area (Å²) in [5.74, 6) is -2.83. The third kappa shape index (κ3) is 2.98. The van der Waals surface area contributed by atoms with Crippen LogP contribution in [0.3, 0.4) is 0 Å². The van der Waals surface area contributed by atoms with Crippen LogP contribution in [0.4, 0.5) is 10.8 Å². The maximum absolute atomic E-state index is 13.0. The lowest BCUT2D eigenvalue weighted by molar-refractivity contribution is -0.151. The molecule has 0 saturated heterocycles. The van der Waals surface area contributed by atoms with Gasteiger partial charge in [0.05, 0.1) is 22.4 Å². The molecule has 152 valence electrons. The first kappa shape index (κ1) is 20.1. The van der Waals surface area contributed by atoms with Crippen LogP contribution < -0.4 is 11.1 Å². The van der Waals surface area contributed by atoms with Crippen LogP contribution in [0.15, 0.2) is 24.3 Å². The highest BCUT2D eigenvalue weighted by Gasteiger charge is 2.45. The number of anilines is 2. The van der Waals surface area contributed by atoms with Gasteiger partial charge in [-0.2, -0.15) is 5.26 Å². The monoisotopic (exact) mass is 440 g/mol. The second-order valence-corrected chi connectivity index (χ2v) is 8.28. The summed E-state index contributed by atoms with van der Waals surface area (Å²) < 4.78 is 5.93. The molecule has 1 aliphatic heterocycles. The van der Waals surface area contributed by atoms with Crippen LogP contribution in [0.1, 0.15) is 35.1 Å². The lowest BCUT2D eigenvalue weighted by Gasteiger charge is -2.30. The third-order valence-corrected chi connectivity index (χ3v) is 6.75. The number of hydrogen-bond acceptors (Lipinski definition) is 7. The molecule has 0 unspecified atom stereocenters. The fourth-order valence-corrected chi connectivity index (χ4v) is 5.30. The molecule has 1 aromatic carbocycles. The third-order valence-electron chi connectivity index (χ3n) is 5.18. The van der Waals surface area contributed by atoms with Crippen LogP contribution in [-0.4, -0.2) is 23.5 Å². The van der Waals surface area contributed by atoms with Gasteiger partial charge in [0.15, 0.2) is 0 Å². The maximum Gasteiger partial charge on any atom is 0.319 e. The Balaban J connectivity index is 2.06. The van der Waals surface area contributed by atoms with Crippen LogP contribution in [0.2, 0.25) is 5.02 Å². The molecular formula is C21H17ClN4O3S. The number of nitrogens with zero attached hydrogens (tertiary/aromatic N) is 2. The number of ether oxygens (including phenoxy) is 1. The van der Waals surface area contributed by atoms with Gasteiger partial charge in [-0.1, -0.05) is 29.8 Å².